The summed E-state index contributed by atoms with van der Waals surface area (Å²) in [6.45, 7) is 0. The molecule has 0 spiro atoms. The molecule has 0 aliphatic rings. The number of nitrogens with two attached hydrogens (primary N) is 1. The minimum Gasteiger partial charge on any atom is -0.399 e. The van der Waals surface area contributed by atoms with E-state index in [4.69, 9.17) is 5.73 Å². The van der Waals surface area contributed by atoms with E-state index in [9.17, 15) is 4.79 Å². The van der Waals surface area contributed by atoms with Crippen LogP contribution in [0.15, 0.2) is 46.0 Å². The molecule has 3 rings (SSSR count). The van der Waals surface area contributed by atoms with Crippen molar-refractivity contribution in [2.24, 2.45) is 0 Å². The second kappa shape index (κ2) is 4.84. The lowest BCUT2D eigenvalue weighted by molar-refractivity contribution is 0.387. The Morgan fingerprint density at radius 3 is 2.60 bits per heavy atom. The topological polar surface area (TPSA) is 123 Å². The zero-order valence-electron chi connectivity index (χ0n) is 10.2. The Bertz CT molecular complexity index is 777. The van der Waals surface area contributed by atoms with Crippen LogP contribution in [0, 0.1) is 0 Å². The van der Waals surface area contributed by atoms with Crippen molar-refractivity contribution in [3.05, 3.63) is 47.2 Å². The van der Waals surface area contributed by atoms with E-state index in [1.54, 1.807) is 24.3 Å². The van der Waals surface area contributed by atoms with Gasteiger partial charge in [-0.25, -0.2) is 14.8 Å². The van der Waals surface area contributed by atoms with Crippen LogP contribution in [0.3, 0.4) is 0 Å². The monoisotopic (exact) mass is 270 g/mol. The third-order valence-electron chi connectivity index (χ3n) is 2.54. The Labute approximate surface area is 112 Å². The van der Waals surface area contributed by atoms with Gasteiger partial charge >= 0.3 is 5.76 Å². The molecule has 1 aromatic carbocycles. The van der Waals surface area contributed by atoms with Crippen LogP contribution in [0.1, 0.15) is 0 Å². The number of rotatable bonds is 3. The average molecular weight is 270 g/mol. The number of nitrogen functional groups attached to an aromatic ring is 1. The Morgan fingerprint density at radius 1 is 1.15 bits per heavy atom. The molecule has 2 aromatic heterocycles. The third kappa shape index (κ3) is 2.34. The molecule has 0 atom stereocenters. The van der Waals surface area contributed by atoms with Gasteiger partial charge in [0.2, 0.25) is 5.82 Å². The molecule has 0 fully saturated rings. The van der Waals surface area contributed by atoms with Crippen LogP contribution < -0.4 is 16.8 Å². The average Bonchev–Trinajstić information content (AvgIpc) is 2.88. The largest absolute Gasteiger partial charge is 0.439 e. The van der Waals surface area contributed by atoms with Crippen molar-refractivity contribution in [3.63, 3.8) is 0 Å². The first kappa shape index (κ1) is 11.9. The van der Waals surface area contributed by atoms with E-state index in [-0.39, 0.29) is 5.82 Å². The number of nitrogens with one attached hydrogen (secondary N) is 2. The van der Waals surface area contributed by atoms with Crippen molar-refractivity contribution in [2.75, 3.05) is 11.1 Å². The van der Waals surface area contributed by atoms with Gasteiger partial charge in [0.05, 0.1) is 0 Å². The van der Waals surface area contributed by atoms with E-state index in [2.05, 4.69) is 29.9 Å². The quantitative estimate of drug-likeness (QED) is 0.610. The van der Waals surface area contributed by atoms with Gasteiger partial charge in [-0.3, -0.25) is 9.51 Å². The summed E-state index contributed by atoms with van der Waals surface area (Å²) in [4.78, 5) is 21.7. The van der Waals surface area contributed by atoms with Crippen molar-refractivity contribution in [3.8, 4) is 11.5 Å². The normalized spacial score (nSPS) is 10.4. The minimum absolute atomic E-state index is 0.209. The van der Waals surface area contributed by atoms with Gasteiger partial charge in [-0.05, 0) is 24.3 Å². The highest BCUT2D eigenvalue weighted by Gasteiger charge is 2.12. The molecule has 20 heavy (non-hydrogen) atoms. The molecule has 0 aliphatic carbocycles. The second-order valence-electron chi connectivity index (χ2n) is 3.94. The van der Waals surface area contributed by atoms with Crippen LogP contribution >= 0.6 is 0 Å². The molecule has 0 aliphatic heterocycles. The number of aromatic nitrogens is 4. The van der Waals surface area contributed by atoms with E-state index >= 15 is 0 Å². The van der Waals surface area contributed by atoms with Crippen molar-refractivity contribution in [2.45, 2.75) is 0 Å². The maximum absolute atomic E-state index is 11.0. The lowest BCUT2D eigenvalue weighted by atomic mass is 10.3. The predicted molar refractivity (Wildman–Crippen MR) is 72.3 cm³/mol. The Kier molecular flexibility index (Phi) is 2.88. The van der Waals surface area contributed by atoms with Crippen LogP contribution in [-0.2, 0) is 0 Å². The second-order valence-corrected chi connectivity index (χ2v) is 3.94. The fraction of sp³-hybridized carbons (Fsp3) is 0. The van der Waals surface area contributed by atoms with Gasteiger partial charge in [-0.2, -0.15) is 0 Å². The van der Waals surface area contributed by atoms with Crippen LogP contribution in [0.2, 0.25) is 0 Å². The van der Waals surface area contributed by atoms with Gasteiger partial charge in [0, 0.05) is 23.8 Å². The van der Waals surface area contributed by atoms with E-state index in [1.807, 2.05) is 0 Å². The molecular weight excluding hydrogens is 260 g/mol. The van der Waals surface area contributed by atoms with Crippen molar-refractivity contribution in [1.82, 2.24) is 20.1 Å². The summed E-state index contributed by atoms with van der Waals surface area (Å²) in [5.74, 6) is 0.00644. The van der Waals surface area contributed by atoms with Crippen LogP contribution in [0.25, 0.3) is 11.5 Å². The molecule has 0 unspecified atom stereocenters. The third-order valence-corrected chi connectivity index (χ3v) is 2.54. The van der Waals surface area contributed by atoms with E-state index in [1.165, 1.54) is 12.4 Å². The van der Waals surface area contributed by atoms with Gasteiger partial charge < -0.3 is 11.1 Å². The summed E-state index contributed by atoms with van der Waals surface area (Å²) in [6, 6.07) is 7.13. The molecule has 0 saturated heterocycles. The van der Waals surface area contributed by atoms with Crippen molar-refractivity contribution >= 4 is 17.2 Å². The highest BCUT2D eigenvalue weighted by molar-refractivity contribution is 5.71. The fourth-order valence-electron chi connectivity index (χ4n) is 1.64. The fourth-order valence-corrected chi connectivity index (χ4v) is 1.64. The minimum atomic E-state index is -0.649. The molecule has 0 saturated carbocycles. The van der Waals surface area contributed by atoms with E-state index in [0.717, 1.165) is 5.69 Å². The highest BCUT2D eigenvalue weighted by Crippen LogP contribution is 2.23. The summed E-state index contributed by atoms with van der Waals surface area (Å²) in [5.41, 5.74) is 7.46. The van der Waals surface area contributed by atoms with Gasteiger partial charge in [-0.15, -0.1) is 0 Å². The summed E-state index contributed by atoms with van der Waals surface area (Å²) in [6.07, 6.45) is 3.03. The molecule has 100 valence electrons. The van der Waals surface area contributed by atoms with Crippen molar-refractivity contribution in [1.29, 1.82) is 0 Å². The summed E-state index contributed by atoms with van der Waals surface area (Å²) < 4.78 is 4.47. The SMILES string of the molecule is Nc1ccc(Nc2nccnc2-c2noc(=O)[nH]2)cc1. The number of hydrogen-bond donors (Lipinski definition) is 3. The summed E-state index contributed by atoms with van der Waals surface area (Å²) >= 11 is 0. The van der Waals surface area contributed by atoms with E-state index in [0.29, 0.717) is 17.2 Å². The molecule has 8 heteroatoms. The van der Waals surface area contributed by atoms with Crippen LogP contribution in [0.5, 0.6) is 0 Å². The summed E-state index contributed by atoms with van der Waals surface area (Å²) in [7, 11) is 0. The molecule has 0 bridgehead atoms. The number of aromatic amines is 1. The standard InChI is InChI=1S/C12H10N6O2/c13-7-1-3-8(4-2-7)16-10-9(14-5-6-15-10)11-17-12(19)20-18-11/h1-6H,13H2,(H,15,16)(H,17,18,19). The molecule has 2 heterocycles. The maximum Gasteiger partial charge on any atom is 0.439 e. The zero-order valence-corrected chi connectivity index (χ0v) is 10.2. The lowest BCUT2D eigenvalue weighted by Gasteiger charge is -2.07. The lowest BCUT2D eigenvalue weighted by Crippen LogP contribution is -2.01. The number of nitrogens with zero attached hydrogens (tertiary/aromatic N) is 3. The smallest absolute Gasteiger partial charge is 0.399 e. The number of H-pyrrole nitrogens is 1. The first-order chi connectivity index (χ1) is 9.72. The molecular formula is C12H10N6O2. The number of anilines is 3. The van der Waals surface area contributed by atoms with Gasteiger partial charge in [0.1, 0.15) is 0 Å². The first-order valence-electron chi connectivity index (χ1n) is 5.72. The predicted octanol–water partition coefficient (Wildman–Crippen LogP) is 1.15. The first-order valence-corrected chi connectivity index (χ1v) is 5.72. The van der Waals surface area contributed by atoms with Gasteiger partial charge in [0.25, 0.3) is 0 Å². The van der Waals surface area contributed by atoms with Crippen LogP contribution in [-0.4, -0.2) is 20.1 Å². The zero-order chi connectivity index (χ0) is 13.9. The van der Waals surface area contributed by atoms with E-state index < -0.39 is 5.76 Å². The Hall–Kier alpha value is -3.16. The van der Waals surface area contributed by atoms with Crippen LogP contribution in [0.4, 0.5) is 17.2 Å². The number of benzene rings is 1. The molecule has 3 aromatic rings. The molecule has 4 N–H and O–H groups in total. The molecule has 0 amide bonds. The molecule has 0 radical (unpaired) electrons. The number of hydrogen-bond acceptors (Lipinski definition) is 7. The molecule has 8 nitrogen and oxygen atoms in total. The maximum atomic E-state index is 11.0. The Morgan fingerprint density at radius 2 is 1.90 bits per heavy atom. The van der Waals surface area contributed by atoms with Gasteiger partial charge in [0.15, 0.2) is 11.5 Å². The van der Waals surface area contributed by atoms with Crippen molar-refractivity contribution < 1.29 is 4.52 Å². The van der Waals surface area contributed by atoms with Gasteiger partial charge in [-0.1, -0.05) is 5.16 Å². The highest BCUT2D eigenvalue weighted by atomic mass is 16.5. The Balaban J connectivity index is 1.98. The summed E-state index contributed by atoms with van der Waals surface area (Å²) in [5, 5.41) is 6.67.